The van der Waals surface area contributed by atoms with Crippen LogP contribution in [0.3, 0.4) is 0 Å². The molecular weight excluding hydrogens is 378 g/mol. The van der Waals surface area contributed by atoms with Gasteiger partial charge in [-0.2, -0.15) is 0 Å². The number of nitrogens with two attached hydrogens (primary N) is 3. The normalized spacial score (nSPS) is 58.3. The molecule has 2 unspecified atom stereocenters. The summed E-state index contributed by atoms with van der Waals surface area (Å²) >= 11 is 0. The van der Waals surface area contributed by atoms with Crippen molar-refractivity contribution < 1.29 is 0 Å². The highest BCUT2D eigenvalue weighted by atomic mass is 15.0. The molecule has 5 rings (SSSR count). The molecule has 5 fully saturated rings. The number of rotatable bonds is 1. The number of fused-ring (bicyclic) bond motifs is 7. The molecule has 0 spiro atoms. The molecular formula is C28H51N3. The van der Waals surface area contributed by atoms with Gasteiger partial charge >= 0.3 is 0 Å². The summed E-state index contributed by atoms with van der Waals surface area (Å²) in [4.78, 5) is 0. The van der Waals surface area contributed by atoms with Gasteiger partial charge in [0.2, 0.25) is 0 Å². The van der Waals surface area contributed by atoms with Gasteiger partial charge < -0.3 is 17.2 Å². The molecule has 0 radical (unpaired) electrons. The lowest BCUT2D eigenvalue weighted by Gasteiger charge is -2.72. The van der Waals surface area contributed by atoms with E-state index in [1.807, 2.05) is 0 Å². The predicted octanol–water partition coefficient (Wildman–Crippen LogP) is 5.45. The summed E-state index contributed by atoms with van der Waals surface area (Å²) in [5.74, 6) is 4.27. The summed E-state index contributed by atoms with van der Waals surface area (Å²) in [5, 5.41) is 0. The van der Waals surface area contributed by atoms with Crippen molar-refractivity contribution >= 4 is 0 Å². The average molecular weight is 430 g/mol. The monoisotopic (exact) mass is 429 g/mol. The largest absolute Gasteiger partial charge is 0.328 e. The van der Waals surface area contributed by atoms with Crippen LogP contribution >= 0.6 is 0 Å². The molecule has 0 saturated heterocycles. The maximum atomic E-state index is 7.71. The molecule has 0 aliphatic heterocycles. The first-order chi connectivity index (χ1) is 14.3. The Morgan fingerprint density at radius 3 is 2.16 bits per heavy atom. The van der Waals surface area contributed by atoms with E-state index in [2.05, 4.69) is 41.5 Å². The van der Waals surface area contributed by atoms with Gasteiger partial charge in [-0.25, -0.2) is 0 Å². The molecule has 3 nitrogen and oxygen atoms in total. The van der Waals surface area contributed by atoms with Crippen LogP contribution in [0.5, 0.6) is 0 Å². The highest BCUT2D eigenvalue weighted by Crippen LogP contribution is 2.72. The molecule has 5 aliphatic rings. The lowest BCUT2D eigenvalue weighted by atomic mass is 9.36. The van der Waals surface area contributed by atoms with Crippen molar-refractivity contribution in [1.82, 2.24) is 0 Å². The second kappa shape index (κ2) is 6.72. The van der Waals surface area contributed by atoms with Crippen LogP contribution in [0.15, 0.2) is 0 Å². The van der Waals surface area contributed by atoms with Crippen LogP contribution in [-0.2, 0) is 0 Å². The summed E-state index contributed by atoms with van der Waals surface area (Å²) < 4.78 is 0. The van der Waals surface area contributed by atoms with Crippen molar-refractivity contribution in [3.05, 3.63) is 0 Å². The third kappa shape index (κ3) is 2.81. The molecule has 0 aromatic rings. The average Bonchev–Trinajstić information content (AvgIpc) is 2.99. The van der Waals surface area contributed by atoms with E-state index in [1.54, 1.807) is 0 Å². The molecule has 10 atom stereocenters. The van der Waals surface area contributed by atoms with Gasteiger partial charge in [0, 0.05) is 17.1 Å². The van der Waals surface area contributed by atoms with Crippen LogP contribution in [-0.4, -0.2) is 17.1 Å². The molecule has 0 bridgehead atoms. The topological polar surface area (TPSA) is 78.1 Å². The van der Waals surface area contributed by atoms with E-state index in [4.69, 9.17) is 17.2 Å². The fourth-order valence-electron chi connectivity index (χ4n) is 11.2. The van der Waals surface area contributed by atoms with Crippen LogP contribution in [0, 0.1) is 51.8 Å². The lowest BCUT2D eigenvalue weighted by molar-refractivity contribution is -0.182. The third-order valence-electron chi connectivity index (χ3n) is 12.6. The first-order valence-electron chi connectivity index (χ1n) is 13.6. The van der Waals surface area contributed by atoms with E-state index in [0.29, 0.717) is 17.3 Å². The molecule has 0 amide bonds. The minimum atomic E-state index is -0.185. The van der Waals surface area contributed by atoms with Crippen LogP contribution in [0.2, 0.25) is 0 Å². The molecule has 31 heavy (non-hydrogen) atoms. The molecule has 178 valence electrons. The van der Waals surface area contributed by atoms with E-state index in [1.165, 1.54) is 51.4 Å². The minimum Gasteiger partial charge on any atom is -0.328 e. The lowest BCUT2D eigenvalue weighted by Crippen LogP contribution is -2.79. The van der Waals surface area contributed by atoms with Crippen molar-refractivity contribution in [2.75, 3.05) is 0 Å². The smallest absolute Gasteiger partial charge is 0.0257 e. The molecule has 0 aromatic heterocycles. The first kappa shape index (κ1) is 22.7. The van der Waals surface area contributed by atoms with E-state index >= 15 is 0 Å². The Hall–Kier alpha value is -0.120. The predicted molar refractivity (Wildman–Crippen MR) is 130 cm³/mol. The van der Waals surface area contributed by atoms with Gasteiger partial charge in [-0.3, -0.25) is 0 Å². The summed E-state index contributed by atoms with van der Waals surface area (Å²) in [7, 11) is 0. The quantitative estimate of drug-likeness (QED) is 0.518. The molecule has 0 heterocycles. The van der Waals surface area contributed by atoms with E-state index in [9.17, 15) is 0 Å². The van der Waals surface area contributed by atoms with Gasteiger partial charge in [-0.05, 0) is 116 Å². The molecule has 5 saturated carbocycles. The van der Waals surface area contributed by atoms with Crippen LogP contribution in [0.4, 0.5) is 0 Å². The molecule has 5 aliphatic carbocycles. The Kier molecular flexibility index (Phi) is 4.92. The highest BCUT2D eigenvalue weighted by Gasteiger charge is 2.70. The zero-order valence-corrected chi connectivity index (χ0v) is 21.3. The van der Waals surface area contributed by atoms with E-state index in [-0.39, 0.29) is 27.9 Å². The van der Waals surface area contributed by atoms with Crippen LogP contribution in [0.1, 0.15) is 106 Å². The summed E-state index contributed by atoms with van der Waals surface area (Å²) in [6.45, 7) is 15.0. The van der Waals surface area contributed by atoms with E-state index in [0.717, 1.165) is 36.5 Å². The van der Waals surface area contributed by atoms with Gasteiger partial charge in [0.15, 0.2) is 0 Å². The maximum Gasteiger partial charge on any atom is 0.0257 e. The Labute approximate surface area is 192 Å². The van der Waals surface area contributed by atoms with Crippen LogP contribution < -0.4 is 17.2 Å². The van der Waals surface area contributed by atoms with Crippen LogP contribution in [0.25, 0.3) is 0 Å². The zero-order chi connectivity index (χ0) is 22.6. The minimum absolute atomic E-state index is 0.125. The fraction of sp³-hybridized carbons (Fsp3) is 1.00. The Morgan fingerprint density at radius 2 is 1.48 bits per heavy atom. The fourth-order valence-corrected chi connectivity index (χ4v) is 11.2. The summed E-state index contributed by atoms with van der Waals surface area (Å²) in [5.41, 5.74) is 22.5. The van der Waals surface area contributed by atoms with Crippen molar-refractivity contribution in [3.8, 4) is 0 Å². The Balaban J connectivity index is 1.55. The van der Waals surface area contributed by atoms with E-state index < -0.39 is 0 Å². The van der Waals surface area contributed by atoms with Gasteiger partial charge in [0.05, 0.1) is 0 Å². The Morgan fingerprint density at radius 1 is 0.774 bits per heavy atom. The summed E-state index contributed by atoms with van der Waals surface area (Å²) in [6, 6.07) is 0.221. The highest BCUT2D eigenvalue weighted by molar-refractivity contribution is 5.25. The van der Waals surface area contributed by atoms with Gasteiger partial charge in [-0.15, -0.1) is 0 Å². The molecule has 3 heteroatoms. The second-order valence-electron chi connectivity index (χ2n) is 14.7. The summed E-state index contributed by atoms with van der Waals surface area (Å²) in [6.07, 6.45) is 12.5. The van der Waals surface area contributed by atoms with Gasteiger partial charge in [0.1, 0.15) is 0 Å². The first-order valence-corrected chi connectivity index (χ1v) is 13.6. The zero-order valence-electron chi connectivity index (χ0n) is 21.3. The number of hydrogen-bond donors (Lipinski definition) is 3. The standard InChI is InChI=1S/C28H51N3/c1-17(2)19-9-11-25(5)13-14-26(6)20(23(19)25)7-8-22-27(30)16-18(29)15-24(3,4)21(27)10-12-28(22,26)31/h17-23H,7-16,29-31H2,1-6H3/t18?,19-,20?,21-,22+,23+,25+,26+,27+,28-/m0/s1. The number of hydrogen-bond acceptors (Lipinski definition) is 3. The van der Waals surface area contributed by atoms with Gasteiger partial charge in [0.25, 0.3) is 0 Å². The van der Waals surface area contributed by atoms with Crippen molar-refractivity contribution in [2.45, 2.75) is 123 Å². The third-order valence-corrected chi connectivity index (χ3v) is 12.6. The SMILES string of the molecule is CC(C)[C@@H]1CC[C@]2(C)CC[C@]3(C)C(CC[C@@H]4[C@@]5(N)CC(N)CC(C)(C)[C@@H]5CC[C@]43N)[C@@H]12. The molecule has 6 N–H and O–H groups in total. The van der Waals surface area contributed by atoms with Crippen molar-refractivity contribution in [3.63, 3.8) is 0 Å². The second-order valence-corrected chi connectivity index (χ2v) is 14.7. The molecule has 0 aromatic carbocycles. The van der Waals surface area contributed by atoms with Crippen molar-refractivity contribution in [2.24, 2.45) is 69.0 Å². The Bertz CT molecular complexity index is 732. The van der Waals surface area contributed by atoms with Crippen molar-refractivity contribution in [1.29, 1.82) is 0 Å². The maximum absolute atomic E-state index is 7.71. The van der Waals surface area contributed by atoms with Gasteiger partial charge in [-0.1, -0.05) is 41.5 Å².